The Morgan fingerprint density at radius 3 is 2.65 bits per heavy atom. The van der Waals surface area contributed by atoms with Gasteiger partial charge in [-0.3, -0.25) is 9.69 Å². The summed E-state index contributed by atoms with van der Waals surface area (Å²) in [7, 11) is 0. The minimum atomic E-state index is -4.27. The molecule has 118 valence electrons. The fourth-order valence-corrected chi connectivity index (χ4v) is 2.60. The first-order valence-electron chi connectivity index (χ1n) is 6.70. The van der Waals surface area contributed by atoms with Crippen molar-refractivity contribution in [2.24, 2.45) is 11.7 Å². The van der Waals surface area contributed by atoms with Gasteiger partial charge in [0.25, 0.3) is 0 Å². The Morgan fingerprint density at radius 1 is 1.50 bits per heavy atom. The summed E-state index contributed by atoms with van der Waals surface area (Å²) in [5, 5.41) is 12.3. The molecule has 3 atom stereocenters. The Hall–Kier alpha value is -0.860. The normalized spacial score (nSPS) is 26.4. The molecule has 3 unspecified atom stereocenters. The molecule has 4 N–H and O–H groups in total. The van der Waals surface area contributed by atoms with Crippen LogP contribution >= 0.6 is 0 Å². The van der Waals surface area contributed by atoms with Gasteiger partial charge in [0, 0.05) is 19.1 Å². The molecule has 8 heteroatoms. The molecular formula is C12H22F3N3O2. The molecule has 1 heterocycles. The van der Waals surface area contributed by atoms with E-state index in [1.807, 2.05) is 6.92 Å². The maximum atomic E-state index is 12.2. The summed E-state index contributed by atoms with van der Waals surface area (Å²) in [6.45, 7) is 1.54. The molecule has 1 fully saturated rings. The van der Waals surface area contributed by atoms with Gasteiger partial charge in [0.05, 0.1) is 19.2 Å². The van der Waals surface area contributed by atoms with Gasteiger partial charge in [0.1, 0.15) is 0 Å². The number of nitrogens with one attached hydrogen (secondary N) is 1. The molecule has 0 spiro atoms. The molecule has 1 saturated heterocycles. The van der Waals surface area contributed by atoms with Crippen molar-refractivity contribution in [2.45, 2.75) is 38.1 Å². The highest BCUT2D eigenvalue weighted by molar-refractivity contribution is 5.75. The van der Waals surface area contributed by atoms with E-state index >= 15 is 0 Å². The number of aliphatic hydroxyl groups is 1. The summed E-state index contributed by atoms with van der Waals surface area (Å²) >= 11 is 0. The molecule has 0 radical (unpaired) electrons. The quantitative estimate of drug-likeness (QED) is 0.649. The molecular weight excluding hydrogens is 275 g/mol. The first-order chi connectivity index (χ1) is 9.21. The Labute approximate surface area is 116 Å². The van der Waals surface area contributed by atoms with Gasteiger partial charge in [-0.25, -0.2) is 0 Å². The molecule has 20 heavy (non-hydrogen) atoms. The Balaban J connectivity index is 2.61. The molecule has 0 aromatic carbocycles. The Kier molecular flexibility index (Phi) is 6.22. The molecule has 0 saturated carbocycles. The fraction of sp³-hybridized carbons (Fsp3) is 0.917. The minimum absolute atomic E-state index is 0.00285. The van der Waals surface area contributed by atoms with Crippen LogP contribution in [0, 0.1) is 5.92 Å². The van der Waals surface area contributed by atoms with Crippen LogP contribution in [0.25, 0.3) is 0 Å². The zero-order valence-corrected chi connectivity index (χ0v) is 11.5. The topological polar surface area (TPSA) is 78.6 Å². The second-order valence-corrected chi connectivity index (χ2v) is 5.32. The summed E-state index contributed by atoms with van der Waals surface area (Å²) < 4.78 is 36.7. The minimum Gasteiger partial charge on any atom is -0.393 e. The number of hydrogen-bond acceptors (Lipinski definition) is 4. The number of rotatable bonds is 6. The fourth-order valence-electron chi connectivity index (χ4n) is 2.60. The third kappa shape index (κ3) is 6.06. The van der Waals surface area contributed by atoms with Gasteiger partial charge >= 0.3 is 6.18 Å². The number of nitrogens with zero attached hydrogens (tertiary/aromatic N) is 1. The van der Waals surface area contributed by atoms with Crippen LogP contribution < -0.4 is 11.1 Å². The number of alkyl halides is 3. The van der Waals surface area contributed by atoms with E-state index in [2.05, 4.69) is 5.32 Å². The van der Waals surface area contributed by atoms with Crippen molar-refractivity contribution >= 4 is 5.91 Å². The van der Waals surface area contributed by atoms with Crippen LogP contribution in [0.2, 0.25) is 0 Å². The van der Waals surface area contributed by atoms with Crippen LogP contribution in [-0.2, 0) is 4.79 Å². The van der Waals surface area contributed by atoms with Crippen molar-refractivity contribution in [3.63, 3.8) is 0 Å². The lowest BCUT2D eigenvalue weighted by molar-refractivity contribution is -0.128. The zero-order valence-electron chi connectivity index (χ0n) is 11.5. The van der Waals surface area contributed by atoms with Crippen molar-refractivity contribution in [1.29, 1.82) is 0 Å². The monoisotopic (exact) mass is 297 g/mol. The van der Waals surface area contributed by atoms with Crippen LogP contribution in [0.1, 0.15) is 19.8 Å². The number of primary amides is 1. The smallest absolute Gasteiger partial charge is 0.393 e. The lowest BCUT2D eigenvalue weighted by atomic mass is 9.88. The lowest BCUT2D eigenvalue weighted by Crippen LogP contribution is -2.54. The summed E-state index contributed by atoms with van der Waals surface area (Å²) in [5.41, 5.74) is 5.12. The second-order valence-electron chi connectivity index (χ2n) is 5.32. The average molecular weight is 297 g/mol. The van der Waals surface area contributed by atoms with Gasteiger partial charge in [-0.1, -0.05) is 6.92 Å². The number of nitrogens with two attached hydrogens (primary N) is 1. The van der Waals surface area contributed by atoms with Gasteiger partial charge in [0.2, 0.25) is 5.91 Å². The van der Waals surface area contributed by atoms with E-state index in [1.165, 1.54) is 0 Å². The number of halogens is 3. The van der Waals surface area contributed by atoms with Gasteiger partial charge in [-0.15, -0.1) is 0 Å². The van der Waals surface area contributed by atoms with Crippen LogP contribution in [0.3, 0.4) is 0 Å². The first kappa shape index (κ1) is 17.2. The van der Waals surface area contributed by atoms with Crippen molar-refractivity contribution in [1.82, 2.24) is 10.2 Å². The number of carbonyl (C=O) groups is 1. The second kappa shape index (κ2) is 7.24. The van der Waals surface area contributed by atoms with E-state index in [4.69, 9.17) is 5.73 Å². The van der Waals surface area contributed by atoms with Gasteiger partial charge < -0.3 is 16.2 Å². The highest BCUT2D eigenvalue weighted by atomic mass is 19.4. The number of carbonyl (C=O) groups excluding carboxylic acids is 1. The van der Waals surface area contributed by atoms with Crippen molar-refractivity contribution in [3.8, 4) is 0 Å². The van der Waals surface area contributed by atoms with Crippen LogP contribution in [-0.4, -0.2) is 60.4 Å². The van der Waals surface area contributed by atoms with Crippen molar-refractivity contribution in [3.05, 3.63) is 0 Å². The highest BCUT2D eigenvalue weighted by Crippen LogP contribution is 2.22. The van der Waals surface area contributed by atoms with E-state index in [1.54, 1.807) is 4.90 Å². The Bertz CT molecular complexity index is 326. The van der Waals surface area contributed by atoms with Gasteiger partial charge in [0.15, 0.2) is 0 Å². The summed E-state index contributed by atoms with van der Waals surface area (Å²) in [6.07, 6.45) is -3.87. The largest absolute Gasteiger partial charge is 0.401 e. The van der Waals surface area contributed by atoms with Gasteiger partial charge in [-0.2, -0.15) is 13.2 Å². The van der Waals surface area contributed by atoms with Crippen LogP contribution in [0.15, 0.2) is 0 Å². The van der Waals surface area contributed by atoms with E-state index in [9.17, 15) is 23.1 Å². The summed E-state index contributed by atoms with van der Waals surface area (Å²) in [6, 6.07) is -0.407. The molecule has 0 aliphatic carbocycles. The maximum Gasteiger partial charge on any atom is 0.401 e. The number of aliphatic hydroxyl groups excluding tert-OH is 1. The molecule has 1 aliphatic heterocycles. The van der Waals surface area contributed by atoms with E-state index in [-0.39, 0.29) is 12.5 Å². The third-order valence-electron chi connectivity index (χ3n) is 3.49. The predicted molar refractivity (Wildman–Crippen MR) is 67.9 cm³/mol. The molecule has 1 aliphatic rings. The van der Waals surface area contributed by atoms with Gasteiger partial charge in [-0.05, 0) is 18.8 Å². The van der Waals surface area contributed by atoms with Crippen LogP contribution in [0.5, 0.6) is 0 Å². The number of amides is 1. The Morgan fingerprint density at radius 2 is 2.15 bits per heavy atom. The maximum absolute atomic E-state index is 12.2. The number of piperidine rings is 1. The standard InChI is InChI=1S/C12H22F3N3O2/c1-2-10(19)8-3-9(17-7-12(13,14)15)5-18(4-8)6-11(16)20/h8-10,17,19H,2-7H2,1H3,(H2,16,20). The molecule has 5 nitrogen and oxygen atoms in total. The van der Waals surface area contributed by atoms with E-state index < -0.39 is 30.8 Å². The van der Waals surface area contributed by atoms with Crippen LogP contribution in [0.4, 0.5) is 13.2 Å². The highest BCUT2D eigenvalue weighted by Gasteiger charge is 2.34. The lowest BCUT2D eigenvalue weighted by Gasteiger charge is -2.39. The van der Waals surface area contributed by atoms with E-state index in [0.717, 1.165) is 0 Å². The molecule has 0 aromatic heterocycles. The predicted octanol–water partition coefficient (Wildman–Crippen LogP) is 0.0850. The molecule has 0 aromatic rings. The van der Waals surface area contributed by atoms with Crippen molar-refractivity contribution < 1.29 is 23.1 Å². The zero-order chi connectivity index (χ0) is 15.3. The SMILES string of the molecule is CCC(O)C1CC(NCC(F)(F)F)CN(CC(N)=O)C1. The number of likely N-dealkylation sites (tertiary alicyclic amines) is 1. The first-order valence-corrected chi connectivity index (χ1v) is 6.70. The molecule has 1 rings (SSSR count). The molecule has 0 bridgehead atoms. The molecule has 1 amide bonds. The number of hydrogen-bond donors (Lipinski definition) is 3. The van der Waals surface area contributed by atoms with Crippen molar-refractivity contribution in [2.75, 3.05) is 26.2 Å². The summed E-state index contributed by atoms with van der Waals surface area (Å²) in [5.74, 6) is -0.676. The summed E-state index contributed by atoms with van der Waals surface area (Å²) in [4.78, 5) is 12.7. The van der Waals surface area contributed by atoms with E-state index in [0.29, 0.717) is 25.9 Å². The average Bonchev–Trinajstić information content (AvgIpc) is 2.33. The third-order valence-corrected chi connectivity index (χ3v) is 3.49.